The molecule has 1 unspecified atom stereocenters. The van der Waals surface area contributed by atoms with Crippen molar-refractivity contribution in [1.82, 2.24) is 4.98 Å². The maximum Gasteiger partial charge on any atom is 0.0992 e. The minimum absolute atomic E-state index is 0.104. The Kier molecular flexibility index (Phi) is 3.23. The molecule has 17 heavy (non-hydrogen) atoms. The number of thiazole rings is 1. The summed E-state index contributed by atoms with van der Waals surface area (Å²) in [5, 5.41) is 10.4. The van der Waals surface area contributed by atoms with E-state index >= 15 is 0 Å². The Hall–Kier alpha value is -0.930. The van der Waals surface area contributed by atoms with Gasteiger partial charge in [0.1, 0.15) is 0 Å². The van der Waals surface area contributed by atoms with Gasteiger partial charge >= 0.3 is 0 Å². The molecule has 1 N–H and O–H groups in total. The van der Waals surface area contributed by atoms with Crippen LogP contribution in [-0.2, 0) is 5.41 Å². The summed E-state index contributed by atoms with van der Waals surface area (Å²) < 4.78 is 1.22. The first-order valence-corrected chi connectivity index (χ1v) is 6.75. The van der Waals surface area contributed by atoms with E-state index in [1.165, 1.54) is 15.3 Å². The third kappa shape index (κ3) is 2.50. The number of aliphatic hydroxyl groups is 1. The van der Waals surface area contributed by atoms with Crippen LogP contribution in [0, 0.1) is 0 Å². The van der Waals surface area contributed by atoms with E-state index < -0.39 is 0 Å². The Bertz CT molecular complexity index is 524. The highest BCUT2D eigenvalue weighted by molar-refractivity contribution is 7.18. The van der Waals surface area contributed by atoms with Gasteiger partial charge in [-0.3, -0.25) is 0 Å². The fourth-order valence-electron chi connectivity index (χ4n) is 1.67. The molecule has 0 aliphatic carbocycles. The van der Waals surface area contributed by atoms with Crippen molar-refractivity contribution >= 4 is 21.6 Å². The lowest BCUT2D eigenvalue weighted by Crippen LogP contribution is -2.09. The van der Waals surface area contributed by atoms with Crippen molar-refractivity contribution in [1.29, 1.82) is 0 Å². The number of aromatic nitrogens is 1. The Morgan fingerprint density at radius 1 is 1.35 bits per heavy atom. The van der Waals surface area contributed by atoms with Crippen molar-refractivity contribution in [3.05, 3.63) is 28.8 Å². The monoisotopic (exact) mass is 249 g/mol. The molecule has 1 aromatic heterocycles. The van der Waals surface area contributed by atoms with E-state index in [4.69, 9.17) is 0 Å². The van der Waals surface area contributed by atoms with Crippen molar-refractivity contribution in [2.75, 3.05) is 6.61 Å². The molecule has 2 nitrogen and oxygen atoms in total. The minimum atomic E-state index is 0.104. The maximum absolute atomic E-state index is 9.18. The summed E-state index contributed by atoms with van der Waals surface area (Å²) in [4.78, 5) is 4.67. The van der Waals surface area contributed by atoms with Crippen LogP contribution in [0.3, 0.4) is 0 Å². The highest BCUT2D eigenvalue weighted by Gasteiger charge is 2.19. The van der Waals surface area contributed by atoms with E-state index in [1.807, 2.05) is 6.92 Å². The first kappa shape index (κ1) is 12.5. The molecule has 0 radical (unpaired) electrons. The van der Waals surface area contributed by atoms with Gasteiger partial charge in [-0.1, -0.05) is 33.8 Å². The molecule has 0 fully saturated rings. The summed E-state index contributed by atoms with van der Waals surface area (Å²) >= 11 is 1.75. The maximum atomic E-state index is 9.18. The minimum Gasteiger partial charge on any atom is -0.396 e. The van der Waals surface area contributed by atoms with Crippen LogP contribution in [0.4, 0.5) is 0 Å². The summed E-state index contributed by atoms with van der Waals surface area (Å²) in [7, 11) is 0. The van der Waals surface area contributed by atoms with Gasteiger partial charge in [0.05, 0.1) is 15.2 Å². The molecule has 1 heterocycles. The number of hydrogen-bond donors (Lipinski definition) is 1. The van der Waals surface area contributed by atoms with Gasteiger partial charge in [0.2, 0.25) is 0 Å². The topological polar surface area (TPSA) is 33.1 Å². The summed E-state index contributed by atoms with van der Waals surface area (Å²) in [5.74, 6) is 0.194. The van der Waals surface area contributed by atoms with Crippen LogP contribution in [0.1, 0.15) is 44.2 Å². The molecule has 0 saturated heterocycles. The Balaban J connectivity index is 2.48. The van der Waals surface area contributed by atoms with Gasteiger partial charge in [-0.15, -0.1) is 11.3 Å². The standard InChI is InChI=1S/C14H19NOS/c1-9(8-16)10-5-6-11-12(7-10)17-13(15-11)14(2,3)4/h5-7,9,16H,8H2,1-4H3. The Morgan fingerprint density at radius 2 is 2.06 bits per heavy atom. The van der Waals surface area contributed by atoms with Gasteiger partial charge in [-0.2, -0.15) is 0 Å². The van der Waals surface area contributed by atoms with Crippen LogP contribution in [0.25, 0.3) is 10.2 Å². The third-order valence-corrected chi connectivity index (χ3v) is 4.34. The number of aliphatic hydroxyl groups excluding tert-OH is 1. The average Bonchev–Trinajstić information content (AvgIpc) is 2.70. The van der Waals surface area contributed by atoms with E-state index in [-0.39, 0.29) is 17.9 Å². The lowest BCUT2D eigenvalue weighted by Gasteiger charge is -2.13. The van der Waals surface area contributed by atoms with E-state index in [2.05, 4.69) is 44.0 Å². The van der Waals surface area contributed by atoms with Crippen molar-refractivity contribution in [2.24, 2.45) is 0 Å². The molecule has 3 heteroatoms. The zero-order chi connectivity index (χ0) is 12.6. The molecule has 0 bridgehead atoms. The molecule has 92 valence electrons. The predicted octanol–water partition coefficient (Wildman–Crippen LogP) is 3.69. The third-order valence-electron chi connectivity index (χ3n) is 2.90. The lowest BCUT2D eigenvalue weighted by molar-refractivity contribution is 0.273. The molecule has 0 saturated carbocycles. The second kappa shape index (κ2) is 4.39. The van der Waals surface area contributed by atoms with E-state index in [1.54, 1.807) is 11.3 Å². The second-order valence-corrected chi connectivity index (χ2v) is 6.61. The molecule has 0 aliphatic rings. The van der Waals surface area contributed by atoms with Gasteiger partial charge in [-0.25, -0.2) is 4.98 Å². The van der Waals surface area contributed by atoms with Gasteiger partial charge < -0.3 is 5.11 Å². The summed E-state index contributed by atoms with van der Waals surface area (Å²) in [6, 6.07) is 6.28. The number of nitrogens with zero attached hydrogens (tertiary/aromatic N) is 1. The van der Waals surface area contributed by atoms with Crippen molar-refractivity contribution < 1.29 is 5.11 Å². The molecule has 1 aromatic carbocycles. The quantitative estimate of drug-likeness (QED) is 0.880. The van der Waals surface area contributed by atoms with Gasteiger partial charge in [0.15, 0.2) is 0 Å². The molecule has 0 aliphatic heterocycles. The van der Waals surface area contributed by atoms with Crippen LogP contribution >= 0.6 is 11.3 Å². The highest BCUT2D eigenvalue weighted by Crippen LogP contribution is 2.32. The van der Waals surface area contributed by atoms with Crippen LogP contribution in [0.5, 0.6) is 0 Å². The highest BCUT2D eigenvalue weighted by atomic mass is 32.1. The van der Waals surface area contributed by atoms with Crippen LogP contribution in [0.15, 0.2) is 18.2 Å². The number of rotatable bonds is 2. The number of benzene rings is 1. The average molecular weight is 249 g/mol. The Labute approximate surface area is 106 Å². The van der Waals surface area contributed by atoms with Gasteiger partial charge in [-0.05, 0) is 17.7 Å². The predicted molar refractivity (Wildman–Crippen MR) is 73.8 cm³/mol. The van der Waals surface area contributed by atoms with E-state index in [9.17, 15) is 5.11 Å². The molecule has 0 amide bonds. The zero-order valence-electron chi connectivity index (χ0n) is 10.8. The first-order chi connectivity index (χ1) is 7.91. The molecule has 2 aromatic rings. The van der Waals surface area contributed by atoms with Crippen molar-refractivity contribution in [3.8, 4) is 0 Å². The SMILES string of the molecule is CC(CO)c1ccc2nc(C(C)(C)C)sc2c1. The summed E-state index contributed by atoms with van der Waals surface area (Å²) in [5.41, 5.74) is 2.35. The number of fused-ring (bicyclic) bond motifs is 1. The van der Waals surface area contributed by atoms with E-state index in [0.717, 1.165) is 5.52 Å². The molecule has 1 atom stereocenters. The first-order valence-electron chi connectivity index (χ1n) is 5.93. The smallest absolute Gasteiger partial charge is 0.0992 e. The largest absolute Gasteiger partial charge is 0.396 e. The summed E-state index contributed by atoms with van der Waals surface area (Å²) in [6.07, 6.45) is 0. The van der Waals surface area contributed by atoms with Gasteiger partial charge in [0, 0.05) is 17.9 Å². The Morgan fingerprint density at radius 3 is 2.65 bits per heavy atom. The fourth-order valence-corrected chi connectivity index (χ4v) is 2.75. The van der Waals surface area contributed by atoms with Gasteiger partial charge in [0.25, 0.3) is 0 Å². The summed E-state index contributed by atoms with van der Waals surface area (Å²) in [6.45, 7) is 8.77. The van der Waals surface area contributed by atoms with Crippen LogP contribution < -0.4 is 0 Å². The second-order valence-electron chi connectivity index (χ2n) is 5.58. The lowest BCUT2D eigenvalue weighted by atomic mass is 9.98. The van der Waals surface area contributed by atoms with Crippen molar-refractivity contribution in [2.45, 2.75) is 39.0 Å². The molecule has 2 rings (SSSR count). The normalized spacial score (nSPS) is 14.2. The van der Waals surface area contributed by atoms with Crippen LogP contribution in [0.2, 0.25) is 0 Å². The fraction of sp³-hybridized carbons (Fsp3) is 0.500. The number of hydrogen-bond acceptors (Lipinski definition) is 3. The van der Waals surface area contributed by atoms with Crippen LogP contribution in [-0.4, -0.2) is 16.7 Å². The molecule has 0 spiro atoms. The molecular weight excluding hydrogens is 230 g/mol. The molecular formula is C14H19NOS. The van der Waals surface area contributed by atoms with Crippen molar-refractivity contribution in [3.63, 3.8) is 0 Å². The zero-order valence-corrected chi connectivity index (χ0v) is 11.6. The van der Waals surface area contributed by atoms with E-state index in [0.29, 0.717) is 0 Å².